The summed E-state index contributed by atoms with van der Waals surface area (Å²) in [7, 11) is 0. The molecule has 0 saturated heterocycles. The van der Waals surface area contributed by atoms with Gasteiger partial charge in [-0.15, -0.1) is 0 Å². The third kappa shape index (κ3) is 3.41. The molecule has 2 rings (SSSR count). The maximum atomic E-state index is 5.87. The van der Waals surface area contributed by atoms with Gasteiger partial charge in [0, 0.05) is 5.69 Å². The Balaban J connectivity index is 2.25. The van der Waals surface area contributed by atoms with Gasteiger partial charge < -0.3 is 15.8 Å². The number of rotatable bonds is 4. The van der Waals surface area contributed by atoms with Crippen molar-refractivity contribution < 1.29 is 4.74 Å². The van der Waals surface area contributed by atoms with Crippen molar-refractivity contribution in [2.75, 3.05) is 11.1 Å². The summed E-state index contributed by atoms with van der Waals surface area (Å²) in [6.45, 7) is 8.04. The minimum Gasteiger partial charge on any atom is -0.473 e. The van der Waals surface area contributed by atoms with Crippen LogP contribution in [0.5, 0.6) is 5.88 Å². The molecule has 0 bridgehead atoms. The zero-order valence-electron chi connectivity index (χ0n) is 12.4. The minimum atomic E-state index is 0.0427. The number of pyridine rings is 1. The molecule has 3 N–H and O–H groups in total. The van der Waals surface area contributed by atoms with Crippen LogP contribution in [0.15, 0.2) is 30.3 Å². The van der Waals surface area contributed by atoms with Gasteiger partial charge in [0.25, 0.3) is 0 Å². The van der Waals surface area contributed by atoms with E-state index in [-0.39, 0.29) is 6.10 Å². The van der Waals surface area contributed by atoms with Crippen LogP contribution >= 0.6 is 0 Å². The summed E-state index contributed by atoms with van der Waals surface area (Å²) >= 11 is 0. The number of nitrogens with two attached hydrogens (primary N) is 1. The summed E-state index contributed by atoms with van der Waals surface area (Å²) in [4.78, 5) is 4.41. The van der Waals surface area contributed by atoms with Gasteiger partial charge >= 0.3 is 0 Å². The lowest BCUT2D eigenvalue weighted by molar-refractivity contribution is 0.234. The highest BCUT2D eigenvalue weighted by molar-refractivity contribution is 5.63. The van der Waals surface area contributed by atoms with E-state index in [1.807, 2.05) is 26.0 Å². The second kappa shape index (κ2) is 5.82. The number of benzene rings is 1. The summed E-state index contributed by atoms with van der Waals surface area (Å²) in [5.74, 6) is 1.19. The fraction of sp³-hybridized carbons (Fsp3) is 0.312. The van der Waals surface area contributed by atoms with Gasteiger partial charge in [-0.05, 0) is 51.5 Å². The van der Waals surface area contributed by atoms with Gasteiger partial charge in [0.1, 0.15) is 5.82 Å². The van der Waals surface area contributed by atoms with E-state index in [1.54, 1.807) is 6.07 Å². The van der Waals surface area contributed by atoms with Crippen LogP contribution in [0.4, 0.5) is 17.2 Å². The number of hydrogen-bond acceptors (Lipinski definition) is 4. The fourth-order valence-electron chi connectivity index (χ4n) is 1.93. The maximum Gasteiger partial charge on any atom is 0.239 e. The number of nitrogen functional groups attached to an aromatic ring is 1. The number of nitrogens with zero attached hydrogens (tertiary/aromatic N) is 1. The first-order chi connectivity index (χ1) is 9.45. The molecule has 0 radical (unpaired) electrons. The molecular formula is C16H21N3O. The molecule has 0 saturated carbocycles. The molecule has 1 aromatic carbocycles. The molecule has 20 heavy (non-hydrogen) atoms. The third-order valence-corrected chi connectivity index (χ3v) is 2.88. The van der Waals surface area contributed by atoms with E-state index < -0.39 is 0 Å². The molecule has 0 spiro atoms. The Morgan fingerprint density at radius 2 is 1.90 bits per heavy atom. The maximum absolute atomic E-state index is 5.87. The van der Waals surface area contributed by atoms with Crippen LogP contribution in [0, 0.1) is 13.8 Å². The van der Waals surface area contributed by atoms with Crippen LogP contribution in [0.3, 0.4) is 0 Å². The van der Waals surface area contributed by atoms with Crippen molar-refractivity contribution in [3.8, 4) is 5.88 Å². The second-order valence-electron chi connectivity index (χ2n) is 5.20. The lowest BCUT2D eigenvalue weighted by atomic mass is 10.1. The molecule has 0 atom stereocenters. The third-order valence-electron chi connectivity index (χ3n) is 2.88. The summed E-state index contributed by atoms with van der Waals surface area (Å²) in [6.07, 6.45) is 0.0427. The molecule has 2 aromatic rings. The average molecular weight is 271 g/mol. The average Bonchev–Trinajstić information content (AvgIpc) is 2.36. The predicted molar refractivity (Wildman–Crippen MR) is 83.6 cm³/mol. The molecule has 0 amide bonds. The molecule has 0 fully saturated rings. The SMILES string of the molecule is Cc1ccc(Nc2ccc(N)c(OC(C)C)n2)c(C)c1. The van der Waals surface area contributed by atoms with E-state index in [1.165, 1.54) is 11.1 Å². The first kappa shape index (κ1) is 14.2. The van der Waals surface area contributed by atoms with Crippen LogP contribution in [-0.2, 0) is 0 Å². The Kier molecular flexibility index (Phi) is 4.13. The van der Waals surface area contributed by atoms with Gasteiger partial charge in [0.05, 0.1) is 11.8 Å². The first-order valence-electron chi connectivity index (χ1n) is 6.73. The van der Waals surface area contributed by atoms with E-state index in [4.69, 9.17) is 10.5 Å². The Labute approximate surface area is 120 Å². The smallest absolute Gasteiger partial charge is 0.239 e. The van der Waals surface area contributed by atoms with Crippen molar-refractivity contribution in [3.63, 3.8) is 0 Å². The molecule has 0 aliphatic heterocycles. The van der Waals surface area contributed by atoms with Crippen LogP contribution in [0.1, 0.15) is 25.0 Å². The molecule has 106 valence electrons. The molecular weight excluding hydrogens is 250 g/mol. The Morgan fingerprint density at radius 3 is 2.55 bits per heavy atom. The standard InChI is InChI=1S/C16H21N3O/c1-10(2)20-16-13(17)6-8-15(19-16)18-14-7-5-11(3)9-12(14)4/h5-10H,17H2,1-4H3,(H,18,19). The predicted octanol–water partition coefficient (Wildman–Crippen LogP) is 3.81. The minimum absolute atomic E-state index is 0.0427. The van der Waals surface area contributed by atoms with Crippen molar-refractivity contribution in [1.29, 1.82) is 0 Å². The second-order valence-corrected chi connectivity index (χ2v) is 5.20. The van der Waals surface area contributed by atoms with Gasteiger partial charge in [-0.1, -0.05) is 17.7 Å². The number of ether oxygens (including phenoxy) is 1. The van der Waals surface area contributed by atoms with Gasteiger partial charge in [0.15, 0.2) is 0 Å². The molecule has 4 nitrogen and oxygen atoms in total. The van der Waals surface area contributed by atoms with Gasteiger partial charge in [-0.3, -0.25) is 0 Å². The van der Waals surface area contributed by atoms with E-state index in [2.05, 4.69) is 36.3 Å². The van der Waals surface area contributed by atoms with E-state index >= 15 is 0 Å². The number of nitrogens with one attached hydrogen (secondary N) is 1. The highest BCUT2D eigenvalue weighted by Gasteiger charge is 2.07. The van der Waals surface area contributed by atoms with E-state index in [9.17, 15) is 0 Å². The molecule has 4 heteroatoms. The zero-order chi connectivity index (χ0) is 14.7. The zero-order valence-corrected chi connectivity index (χ0v) is 12.4. The quantitative estimate of drug-likeness (QED) is 0.887. The molecule has 0 aliphatic carbocycles. The van der Waals surface area contributed by atoms with Crippen LogP contribution in [-0.4, -0.2) is 11.1 Å². The van der Waals surface area contributed by atoms with Crippen molar-refractivity contribution in [3.05, 3.63) is 41.5 Å². The molecule has 1 heterocycles. The van der Waals surface area contributed by atoms with Crippen molar-refractivity contribution >= 4 is 17.2 Å². The van der Waals surface area contributed by atoms with E-state index in [0.717, 1.165) is 11.5 Å². The van der Waals surface area contributed by atoms with Crippen molar-refractivity contribution in [2.45, 2.75) is 33.8 Å². The largest absolute Gasteiger partial charge is 0.473 e. The van der Waals surface area contributed by atoms with Gasteiger partial charge in [-0.25, -0.2) is 0 Å². The Bertz CT molecular complexity index is 609. The summed E-state index contributed by atoms with van der Waals surface area (Å²) < 4.78 is 5.60. The van der Waals surface area contributed by atoms with Crippen molar-refractivity contribution in [2.24, 2.45) is 0 Å². The molecule has 0 aliphatic rings. The van der Waals surface area contributed by atoms with Crippen LogP contribution in [0.25, 0.3) is 0 Å². The summed E-state index contributed by atoms with van der Waals surface area (Å²) in [6, 6.07) is 9.90. The lowest BCUT2D eigenvalue weighted by Crippen LogP contribution is -2.09. The van der Waals surface area contributed by atoms with E-state index in [0.29, 0.717) is 11.6 Å². The lowest BCUT2D eigenvalue weighted by Gasteiger charge is -2.14. The Hall–Kier alpha value is -2.23. The highest BCUT2D eigenvalue weighted by Crippen LogP contribution is 2.25. The Morgan fingerprint density at radius 1 is 1.15 bits per heavy atom. The summed E-state index contributed by atoms with van der Waals surface area (Å²) in [5.41, 5.74) is 9.86. The van der Waals surface area contributed by atoms with Crippen LogP contribution in [0.2, 0.25) is 0 Å². The number of hydrogen-bond donors (Lipinski definition) is 2. The molecule has 1 aromatic heterocycles. The molecule has 0 unspecified atom stereocenters. The van der Waals surface area contributed by atoms with Gasteiger partial charge in [-0.2, -0.15) is 4.98 Å². The van der Waals surface area contributed by atoms with Gasteiger partial charge in [0.2, 0.25) is 5.88 Å². The first-order valence-corrected chi connectivity index (χ1v) is 6.73. The monoisotopic (exact) mass is 271 g/mol. The van der Waals surface area contributed by atoms with Crippen molar-refractivity contribution in [1.82, 2.24) is 4.98 Å². The number of anilines is 3. The van der Waals surface area contributed by atoms with Crippen LogP contribution < -0.4 is 15.8 Å². The normalized spacial score (nSPS) is 10.7. The fourth-order valence-corrected chi connectivity index (χ4v) is 1.93. The highest BCUT2D eigenvalue weighted by atomic mass is 16.5. The number of aryl methyl sites for hydroxylation is 2. The summed E-state index contributed by atoms with van der Waals surface area (Å²) in [5, 5.41) is 3.29. The topological polar surface area (TPSA) is 60.2 Å². The number of aromatic nitrogens is 1.